The van der Waals surface area contributed by atoms with E-state index < -0.39 is 10.0 Å². The molecule has 0 saturated heterocycles. The van der Waals surface area contributed by atoms with Crippen LogP contribution in [0.2, 0.25) is 0 Å². The number of rotatable bonds is 7. The fourth-order valence-electron chi connectivity index (χ4n) is 1.83. The molecule has 1 aliphatic carbocycles. The minimum atomic E-state index is -3.18. The van der Waals surface area contributed by atoms with Crippen LogP contribution >= 0.6 is 15.9 Å². The number of nitrogens with one attached hydrogen (secondary N) is 1. The van der Waals surface area contributed by atoms with Gasteiger partial charge in [-0.25, -0.2) is 12.7 Å². The van der Waals surface area contributed by atoms with Crippen molar-refractivity contribution in [2.45, 2.75) is 25.4 Å². The van der Waals surface area contributed by atoms with Gasteiger partial charge in [-0.3, -0.25) is 0 Å². The molecule has 0 heterocycles. The molecule has 0 amide bonds. The standard InChI is InChI=1S/C13H19BrN2O2S/c1-16(10-11-3-2-4-12(14)9-11)19(17,18)8-7-15-13-5-6-13/h2-4,9,13,15H,5-8,10H2,1H3. The van der Waals surface area contributed by atoms with Gasteiger partial charge in [0.1, 0.15) is 0 Å². The number of nitrogens with zero attached hydrogens (tertiary/aromatic N) is 1. The summed E-state index contributed by atoms with van der Waals surface area (Å²) in [5.41, 5.74) is 0.982. The van der Waals surface area contributed by atoms with E-state index in [9.17, 15) is 8.42 Å². The van der Waals surface area contributed by atoms with E-state index in [1.54, 1.807) is 7.05 Å². The third kappa shape index (κ3) is 4.87. The summed E-state index contributed by atoms with van der Waals surface area (Å²) in [7, 11) is -1.55. The molecular weight excluding hydrogens is 328 g/mol. The molecule has 0 aromatic heterocycles. The van der Waals surface area contributed by atoms with Crippen molar-refractivity contribution in [2.24, 2.45) is 0 Å². The number of hydrogen-bond donors (Lipinski definition) is 1. The summed E-state index contributed by atoms with van der Waals surface area (Å²) < 4.78 is 26.6. The van der Waals surface area contributed by atoms with E-state index in [1.807, 2.05) is 24.3 Å². The van der Waals surface area contributed by atoms with Crippen molar-refractivity contribution in [2.75, 3.05) is 19.3 Å². The molecule has 1 N–H and O–H groups in total. The molecular formula is C13H19BrN2O2S. The van der Waals surface area contributed by atoms with Crippen LogP contribution in [0.1, 0.15) is 18.4 Å². The number of hydrogen-bond acceptors (Lipinski definition) is 3. The highest BCUT2D eigenvalue weighted by atomic mass is 79.9. The molecule has 1 aromatic carbocycles. The van der Waals surface area contributed by atoms with Gasteiger partial charge >= 0.3 is 0 Å². The lowest BCUT2D eigenvalue weighted by molar-refractivity contribution is 0.465. The molecule has 2 rings (SSSR count). The van der Waals surface area contributed by atoms with E-state index in [-0.39, 0.29) is 5.75 Å². The Labute approximate surface area is 123 Å². The predicted octanol–water partition coefficient (Wildman–Crippen LogP) is 1.96. The van der Waals surface area contributed by atoms with Crippen LogP contribution in [-0.2, 0) is 16.6 Å². The van der Waals surface area contributed by atoms with Crippen molar-refractivity contribution in [3.63, 3.8) is 0 Å². The third-order valence-electron chi connectivity index (χ3n) is 3.14. The van der Waals surface area contributed by atoms with Crippen molar-refractivity contribution in [3.8, 4) is 0 Å². The molecule has 0 spiro atoms. The highest BCUT2D eigenvalue weighted by Gasteiger charge is 2.22. The van der Waals surface area contributed by atoms with Crippen LogP contribution in [0.25, 0.3) is 0 Å². The van der Waals surface area contributed by atoms with E-state index in [0.717, 1.165) is 10.0 Å². The van der Waals surface area contributed by atoms with Gasteiger partial charge < -0.3 is 5.32 Å². The normalized spacial score (nSPS) is 15.9. The SMILES string of the molecule is CN(Cc1cccc(Br)c1)S(=O)(=O)CCNC1CC1. The summed E-state index contributed by atoms with van der Waals surface area (Å²) in [5.74, 6) is 0.161. The maximum Gasteiger partial charge on any atom is 0.215 e. The number of sulfonamides is 1. The minimum absolute atomic E-state index is 0.161. The molecule has 1 aliphatic rings. The molecule has 0 unspecified atom stereocenters. The maximum absolute atomic E-state index is 12.1. The Bertz CT molecular complexity index is 529. The topological polar surface area (TPSA) is 49.4 Å². The summed E-state index contributed by atoms with van der Waals surface area (Å²) in [5, 5.41) is 3.23. The van der Waals surface area contributed by atoms with E-state index in [2.05, 4.69) is 21.2 Å². The monoisotopic (exact) mass is 346 g/mol. The molecule has 1 saturated carbocycles. The fraction of sp³-hybridized carbons (Fsp3) is 0.538. The van der Waals surface area contributed by atoms with Crippen LogP contribution in [0.3, 0.4) is 0 Å². The Morgan fingerprint density at radius 3 is 2.79 bits per heavy atom. The summed E-state index contributed by atoms with van der Waals surface area (Å²) in [6.45, 7) is 0.945. The van der Waals surface area contributed by atoms with E-state index in [1.165, 1.54) is 17.1 Å². The zero-order valence-electron chi connectivity index (χ0n) is 11.0. The first kappa shape index (κ1) is 15.0. The summed E-state index contributed by atoms with van der Waals surface area (Å²) >= 11 is 3.39. The van der Waals surface area contributed by atoms with Crippen molar-refractivity contribution in [1.82, 2.24) is 9.62 Å². The second-order valence-corrected chi connectivity index (χ2v) is 8.04. The lowest BCUT2D eigenvalue weighted by Crippen LogP contribution is -2.33. The molecule has 1 aromatic rings. The van der Waals surface area contributed by atoms with Gasteiger partial charge in [0.15, 0.2) is 0 Å². The van der Waals surface area contributed by atoms with Gasteiger partial charge in [0.2, 0.25) is 10.0 Å². The largest absolute Gasteiger partial charge is 0.313 e. The first-order chi connectivity index (χ1) is 8.97. The van der Waals surface area contributed by atoms with Crippen LogP contribution in [0.5, 0.6) is 0 Å². The molecule has 0 bridgehead atoms. The third-order valence-corrected chi connectivity index (χ3v) is 5.43. The first-order valence-corrected chi connectivity index (χ1v) is 8.79. The van der Waals surface area contributed by atoms with Crippen LogP contribution in [-0.4, -0.2) is 38.1 Å². The van der Waals surface area contributed by atoms with Crippen molar-refractivity contribution in [1.29, 1.82) is 0 Å². The minimum Gasteiger partial charge on any atom is -0.313 e. The molecule has 0 atom stereocenters. The highest BCUT2D eigenvalue weighted by Crippen LogP contribution is 2.18. The molecule has 4 nitrogen and oxygen atoms in total. The van der Waals surface area contributed by atoms with Gasteiger partial charge in [-0.15, -0.1) is 0 Å². The fourth-order valence-corrected chi connectivity index (χ4v) is 3.31. The summed E-state index contributed by atoms with van der Waals surface area (Å²) in [4.78, 5) is 0. The summed E-state index contributed by atoms with van der Waals surface area (Å²) in [6.07, 6.45) is 2.35. The molecule has 0 aliphatic heterocycles. The molecule has 0 radical (unpaired) electrons. The number of benzene rings is 1. The van der Waals surface area contributed by atoms with Gasteiger partial charge in [-0.05, 0) is 30.5 Å². The Kier molecular flexibility index (Phi) is 5.00. The van der Waals surface area contributed by atoms with Gasteiger partial charge in [0.25, 0.3) is 0 Å². The molecule has 19 heavy (non-hydrogen) atoms. The van der Waals surface area contributed by atoms with Crippen molar-refractivity contribution < 1.29 is 8.42 Å². The predicted molar refractivity (Wildman–Crippen MR) is 80.4 cm³/mol. The Morgan fingerprint density at radius 2 is 2.16 bits per heavy atom. The van der Waals surface area contributed by atoms with Gasteiger partial charge in [-0.2, -0.15) is 0 Å². The van der Waals surface area contributed by atoms with E-state index in [4.69, 9.17) is 0 Å². The Balaban J connectivity index is 1.87. The van der Waals surface area contributed by atoms with E-state index >= 15 is 0 Å². The molecule has 1 fully saturated rings. The van der Waals surface area contributed by atoms with E-state index in [0.29, 0.717) is 19.1 Å². The maximum atomic E-state index is 12.1. The average molecular weight is 347 g/mol. The van der Waals surface area contributed by atoms with Crippen molar-refractivity contribution in [3.05, 3.63) is 34.3 Å². The van der Waals surface area contributed by atoms with Crippen molar-refractivity contribution >= 4 is 26.0 Å². The molecule has 6 heteroatoms. The second kappa shape index (κ2) is 6.35. The molecule has 106 valence electrons. The second-order valence-electron chi connectivity index (χ2n) is 4.93. The Morgan fingerprint density at radius 1 is 1.42 bits per heavy atom. The zero-order valence-corrected chi connectivity index (χ0v) is 13.4. The quantitative estimate of drug-likeness (QED) is 0.820. The number of halogens is 1. The van der Waals surface area contributed by atoms with Crippen LogP contribution < -0.4 is 5.32 Å². The lowest BCUT2D eigenvalue weighted by atomic mass is 10.2. The van der Waals surface area contributed by atoms with Gasteiger partial charge in [0.05, 0.1) is 5.75 Å². The zero-order chi connectivity index (χ0) is 13.9. The van der Waals surface area contributed by atoms with Crippen LogP contribution in [0.15, 0.2) is 28.7 Å². The first-order valence-electron chi connectivity index (χ1n) is 6.39. The lowest BCUT2D eigenvalue weighted by Gasteiger charge is -2.17. The van der Waals surface area contributed by atoms with Gasteiger partial charge in [-0.1, -0.05) is 28.1 Å². The highest BCUT2D eigenvalue weighted by molar-refractivity contribution is 9.10. The Hall–Kier alpha value is -0.430. The van der Waals surface area contributed by atoms with Gasteiger partial charge in [0, 0.05) is 30.7 Å². The average Bonchev–Trinajstić information content (AvgIpc) is 3.12. The van der Waals surface area contributed by atoms with Crippen LogP contribution in [0.4, 0.5) is 0 Å². The summed E-state index contributed by atoms with van der Waals surface area (Å²) in [6, 6.07) is 8.25. The smallest absolute Gasteiger partial charge is 0.215 e. The van der Waals surface area contributed by atoms with Crippen LogP contribution in [0, 0.1) is 0 Å².